The third kappa shape index (κ3) is 3.43. The normalized spacial score (nSPS) is 13.3. The monoisotopic (exact) mass is 338 g/mol. The van der Waals surface area contributed by atoms with Crippen molar-refractivity contribution in [2.75, 3.05) is 18.9 Å². The quantitative estimate of drug-likeness (QED) is 0.280. The Morgan fingerprint density at radius 2 is 2.35 bits per heavy atom. The molecule has 0 aliphatic rings. The molecule has 0 fully saturated rings. The van der Waals surface area contributed by atoms with Gasteiger partial charge in [0.15, 0.2) is 10.8 Å². The van der Waals surface area contributed by atoms with Crippen molar-refractivity contribution in [3.05, 3.63) is 21.9 Å². The summed E-state index contributed by atoms with van der Waals surface area (Å²) in [6, 6.07) is -0.782. The number of carbonyl (C=O) groups excluding carboxylic acids is 1. The van der Waals surface area contributed by atoms with Gasteiger partial charge in [0.25, 0.3) is 0 Å². The predicted molar refractivity (Wildman–Crippen MR) is 83.6 cm³/mol. The molecular formula is C12H15ClN8O2. The van der Waals surface area contributed by atoms with Crippen molar-refractivity contribution in [1.29, 1.82) is 0 Å². The van der Waals surface area contributed by atoms with Crippen molar-refractivity contribution in [1.82, 2.24) is 19.5 Å². The topological polar surface area (TPSA) is 145 Å². The van der Waals surface area contributed by atoms with E-state index >= 15 is 0 Å². The highest BCUT2D eigenvalue weighted by Crippen LogP contribution is 2.27. The van der Waals surface area contributed by atoms with Crippen LogP contribution in [0.15, 0.2) is 11.4 Å². The van der Waals surface area contributed by atoms with Gasteiger partial charge in [-0.1, -0.05) is 23.6 Å². The van der Waals surface area contributed by atoms with E-state index < -0.39 is 12.0 Å². The Morgan fingerprint density at radius 1 is 1.61 bits per heavy atom. The van der Waals surface area contributed by atoms with Crippen LogP contribution in [0.5, 0.6) is 0 Å². The first-order valence-corrected chi connectivity index (χ1v) is 7.20. The summed E-state index contributed by atoms with van der Waals surface area (Å²) in [7, 11) is 0. The van der Waals surface area contributed by atoms with Gasteiger partial charge in [-0.05, 0) is 18.4 Å². The Labute approximate surface area is 136 Å². The Morgan fingerprint density at radius 3 is 3.00 bits per heavy atom. The second-order valence-corrected chi connectivity index (χ2v) is 5.14. The van der Waals surface area contributed by atoms with Gasteiger partial charge in [0.1, 0.15) is 11.6 Å². The maximum Gasteiger partial charge on any atom is 0.329 e. The standard InChI is InChI=1S/C12H15ClN8O2/c1-3-23-11(22)8(6(2)4-17-20-15)21-5-16-7-9(13)18-12(14)19-10(7)21/h5-6,8H,3-4H2,1-2H3,(H2,14,18,19). The molecule has 2 unspecified atom stereocenters. The van der Waals surface area contributed by atoms with Crippen LogP contribution in [0.4, 0.5) is 5.95 Å². The molecule has 2 N–H and O–H groups in total. The summed E-state index contributed by atoms with van der Waals surface area (Å²) < 4.78 is 6.62. The molecule has 0 amide bonds. The van der Waals surface area contributed by atoms with E-state index in [1.54, 1.807) is 13.8 Å². The van der Waals surface area contributed by atoms with Gasteiger partial charge in [0.05, 0.1) is 12.9 Å². The Kier molecular flexibility index (Phi) is 5.20. The first-order chi connectivity index (χ1) is 11.0. The highest BCUT2D eigenvalue weighted by molar-refractivity contribution is 6.33. The fraction of sp³-hybridized carbons (Fsp3) is 0.500. The van der Waals surface area contributed by atoms with Crippen molar-refractivity contribution in [2.45, 2.75) is 19.9 Å². The molecule has 2 rings (SSSR count). The molecule has 2 aromatic heterocycles. The number of anilines is 1. The molecule has 0 saturated carbocycles. The number of nitrogen functional groups attached to an aromatic ring is 1. The van der Waals surface area contributed by atoms with Crippen LogP contribution in [0.3, 0.4) is 0 Å². The van der Waals surface area contributed by atoms with Gasteiger partial charge in [0.2, 0.25) is 5.95 Å². The number of hydrogen-bond donors (Lipinski definition) is 1. The van der Waals surface area contributed by atoms with Crippen LogP contribution in [-0.2, 0) is 9.53 Å². The Hall–Kier alpha value is -2.58. The van der Waals surface area contributed by atoms with Gasteiger partial charge in [-0.3, -0.25) is 0 Å². The fourth-order valence-electron chi connectivity index (χ4n) is 2.21. The largest absolute Gasteiger partial charge is 0.464 e. The number of aromatic nitrogens is 4. The molecule has 2 heterocycles. The van der Waals surface area contributed by atoms with Crippen LogP contribution in [0, 0.1) is 5.92 Å². The van der Waals surface area contributed by atoms with Crippen molar-refractivity contribution in [3.8, 4) is 0 Å². The summed E-state index contributed by atoms with van der Waals surface area (Å²) in [5.74, 6) is -0.868. The molecule has 0 saturated heterocycles. The molecule has 0 aliphatic heterocycles. The van der Waals surface area contributed by atoms with Gasteiger partial charge in [0, 0.05) is 11.5 Å². The number of esters is 1. The SMILES string of the molecule is CCOC(=O)C(C(C)CN=[N+]=[N-])n1cnc2c(Cl)nc(N)nc21. The summed E-state index contributed by atoms with van der Waals surface area (Å²) in [5, 5.41) is 3.61. The van der Waals surface area contributed by atoms with Crippen molar-refractivity contribution in [2.24, 2.45) is 11.0 Å². The second kappa shape index (κ2) is 7.12. The van der Waals surface area contributed by atoms with Gasteiger partial charge >= 0.3 is 5.97 Å². The molecule has 11 heteroatoms. The third-order valence-electron chi connectivity index (χ3n) is 3.20. The number of halogens is 1. The van der Waals surface area contributed by atoms with E-state index in [0.717, 1.165) is 0 Å². The van der Waals surface area contributed by atoms with Crippen LogP contribution in [-0.4, -0.2) is 38.6 Å². The van der Waals surface area contributed by atoms with Gasteiger partial charge in [-0.15, -0.1) is 0 Å². The summed E-state index contributed by atoms with van der Waals surface area (Å²) in [6.07, 6.45) is 1.42. The maximum absolute atomic E-state index is 12.3. The summed E-state index contributed by atoms with van der Waals surface area (Å²) in [5.41, 5.74) is 14.7. The van der Waals surface area contributed by atoms with E-state index in [0.29, 0.717) is 11.2 Å². The molecule has 23 heavy (non-hydrogen) atoms. The number of imidazole rings is 1. The zero-order chi connectivity index (χ0) is 17.0. The lowest BCUT2D eigenvalue weighted by molar-refractivity contribution is -0.148. The number of fused-ring (bicyclic) bond motifs is 1. The van der Waals surface area contributed by atoms with Crippen molar-refractivity contribution < 1.29 is 9.53 Å². The number of nitrogens with two attached hydrogens (primary N) is 1. The second-order valence-electron chi connectivity index (χ2n) is 4.78. The van der Waals surface area contributed by atoms with Gasteiger partial charge < -0.3 is 15.0 Å². The lowest BCUT2D eigenvalue weighted by Gasteiger charge is -2.22. The van der Waals surface area contributed by atoms with E-state index in [1.165, 1.54) is 10.9 Å². The molecule has 122 valence electrons. The summed E-state index contributed by atoms with van der Waals surface area (Å²) >= 11 is 5.99. The average molecular weight is 339 g/mol. The smallest absolute Gasteiger partial charge is 0.329 e. The van der Waals surface area contributed by atoms with Crippen molar-refractivity contribution >= 4 is 34.7 Å². The van der Waals surface area contributed by atoms with Crippen LogP contribution in [0.25, 0.3) is 21.6 Å². The molecule has 0 aliphatic carbocycles. The number of ether oxygens (including phenoxy) is 1. The summed E-state index contributed by atoms with van der Waals surface area (Å²) in [4.78, 5) is 27.1. The van der Waals surface area contributed by atoms with Crippen LogP contribution >= 0.6 is 11.6 Å². The molecule has 0 radical (unpaired) electrons. The number of azide groups is 1. The lowest BCUT2D eigenvalue weighted by Crippen LogP contribution is -2.29. The van der Waals surface area contributed by atoms with E-state index in [2.05, 4.69) is 25.0 Å². The Bertz CT molecular complexity index is 770. The lowest BCUT2D eigenvalue weighted by atomic mass is 10.0. The minimum atomic E-state index is -0.782. The van der Waals surface area contributed by atoms with Crippen LogP contribution < -0.4 is 5.73 Å². The highest BCUT2D eigenvalue weighted by Gasteiger charge is 2.30. The molecule has 0 bridgehead atoms. The fourth-order valence-corrected chi connectivity index (χ4v) is 2.43. The number of nitrogens with zero attached hydrogens (tertiary/aromatic N) is 7. The highest BCUT2D eigenvalue weighted by atomic mass is 35.5. The zero-order valence-electron chi connectivity index (χ0n) is 12.5. The molecule has 2 aromatic rings. The maximum atomic E-state index is 12.3. The predicted octanol–water partition coefficient (Wildman–Crippen LogP) is 2.11. The van der Waals surface area contributed by atoms with Gasteiger partial charge in [-0.2, -0.15) is 9.97 Å². The number of carbonyl (C=O) groups is 1. The van der Waals surface area contributed by atoms with E-state index in [-0.39, 0.29) is 30.2 Å². The molecular weight excluding hydrogens is 324 g/mol. The first kappa shape index (κ1) is 16.8. The summed E-state index contributed by atoms with van der Waals surface area (Å²) in [6.45, 7) is 3.78. The number of hydrogen-bond acceptors (Lipinski definition) is 7. The Balaban J connectivity index is 2.54. The van der Waals surface area contributed by atoms with Crippen LogP contribution in [0.1, 0.15) is 19.9 Å². The third-order valence-corrected chi connectivity index (χ3v) is 3.46. The first-order valence-electron chi connectivity index (χ1n) is 6.82. The number of rotatable bonds is 6. The molecule has 0 aromatic carbocycles. The molecule has 0 spiro atoms. The van der Waals surface area contributed by atoms with E-state index in [4.69, 9.17) is 27.6 Å². The van der Waals surface area contributed by atoms with E-state index in [9.17, 15) is 4.79 Å². The van der Waals surface area contributed by atoms with Crippen LogP contribution in [0.2, 0.25) is 5.15 Å². The van der Waals surface area contributed by atoms with E-state index in [1.807, 2.05) is 0 Å². The van der Waals surface area contributed by atoms with Gasteiger partial charge in [-0.25, -0.2) is 9.78 Å². The van der Waals surface area contributed by atoms with Crippen molar-refractivity contribution in [3.63, 3.8) is 0 Å². The average Bonchev–Trinajstić information content (AvgIpc) is 2.89. The molecule has 2 atom stereocenters. The minimum Gasteiger partial charge on any atom is -0.464 e. The zero-order valence-corrected chi connectivity index (χ0v) is 13.3. The molecule has 10 nitrogen and oxygen atoms in total. The minimum absolute atomic E-state index is 0.0328.